The number of sulfonamides is 1. The first kappa shape index (κ1) is 20.2. The molecule has 4 rings (SSSR count). The second kappa shape index (κ2) is 8.73. The summed E-state index contributed by atoms with van der Waals surface area (Å²) >= 11 is 1.78. The quantitative estimate of drug-likeness (QED) is 0.539. The molecule has 29 heavy (non-hydrogen) atoms. The maximum atomic E-state index is 12.3. The van der Waals surface area contributed by atoms with Gasteiger partial charge in [0.1, 0.15) is 0 Å². The van der Waals surface area contributed by atoms with Gasteiger partial charge < -0.3 is 15.1 Å². The molecule has 2 fully saturated rings. The molecule has 1 aromatic heterocycles. The lowest BCUT2D eigenvalue weighted by Gasteiger charge is -2.37. The normalized spacial score (nSPS) is 18.2. The van der Waals surface area contributed by atoms with Crippen LogP contribution in [0.3, 0.4) is 0 Å². The summed E-state index contributed by atoms with van der Waals surface area (Å²) in [6.45, 7) is 4.39. The summed E-state index contributed by atoms with van der Waals surface area (Å²) in [6.07, 6.45) is 1.86. The molecule has 1 aromatic carbocycles. The lowest BCUT2D eigenvalue weighted by atomic mass is 10.2. The van der Waals surface area contributed by atoms with Crippen LogP contribution >= 0.6 is 11.3 Å². The number of anilines is 1. The van der Waals surface area contributed by atoms with Crippen LogP contribution in [0.25, 0.3) is 0 Å². The van der Waals surface area contributed by atoms with Crippen LogP contribution in [-0.4, -0.2) is 58.5 Å². The molecular formula is C20H27N5O2S2. The van der Waals surface area contributed by atoms with E-state index in [-0.39, 0.29) is 6.04 Å². The van der Waals surface area contributed by atoms with E-state index in [1.54, 1.807) is 30.5 Å². The highest BCUT2D eigenvalue weighted by Crippen LogP contribution is 2.23. The van der Waals surface area contributed by atoms with Crippen LogP contribution in [0.1, 0.15) is 18.4 Å². The van der Waals surface area contributed by atoms with Crippen molar-refractivity contribution in [3.63, 3.8) is 0 Å². The Balaban J connectivity index is 1.29. The maximum Gasteiger partial charge on any atom is 0.240 e. The van der Waals surface area contributed by atoms with E-state index in [2.05, 4.69) is 42.3 Å². The number of piperazine rings is 1. The zero-order valence-electron chi connectivity index (χ0n) is 16.5. The van der Waals surface area contributed by atoms with Crippen LogP contribution in [0.2, 0.25) is 0 Å². The average molecular weight is 434 g/mol. The van der Waals surface area contributed by atoms with Gasteiger partial charge in [-0.2, -0.15) is 0 Å². The van der Waals surface area contributed by atoms with E-state index >= 15 is 0 Å². The van der Waals surface area contributed by atoms with Crippen molar-refractivity contribution in [2.75, 3.05) is 38.1 Å². The third-order valence-electron chi connectivity index (χ3n) is 5.19. The fraction of sp³-hybridized carbons (Fsp3) is 0.450. The van der Waals surface area contributed by atoms with E-state index in [1.807, 2.05) is 12.1 Å². The second-order valence-corrected chi connectivity index (χ2v) is 10.0. The lowest BCUT2D eigenvalue weighted by molar-refractivity contribution is 0.373. The van der Waals surface area contributed by atoms with Crippen LogP contribution in [0.4, 0.5) is 5.00 Å². The lowest BCUT2D eigenvalue weighted by Crippen LogP contribution is -2.52. The molecule has 0 atom stereocenters. The number of guanidine groups is 1. The van der Waals surface area contributed by atoms with E-state index in [0.29, 0.717) is 11.4 Å². The predicted octanol–water partition coefficient (Wildman–Crippen LogP) is 2.09. The molecule has 156 valence electrons. The SMILES string of the molecule is CN=C(NCc1ccc(S(=O)(=O)NC2CC2)cc1)N1CCN(c2cccs2)CC1. The zero-order valence-corrected chi connectivity index (χ0v) is 18.2. The van der Waals surface area contributed by atoms with Gasteiger partial charge in [0.05, 0.1) is 9.90 Å². The Bertz CT molecular complexity index is 930. The number of rotatable bonds is 6. The first-order chi connectivity index (χ1) is 14.0. The van der Waals surface area contributed by atoms with Crippen LogP contribution in [0.5, 0.6) is 0 Å². The number of aliphatic imine (C=N–C) groups is 1. The van der Waals surface area contributed by atoms with Crippen molar-refractivity contribution in [2.45, 2.75) is 30.3 Å². The minimum atomic E-state index is -3.40. The largest absolute Gasteiger partial charge is 0.360 e. The molecule has 0 unspecified atom stereocenters. The summed E-state index contributed by atoms with van der Waals surface area (Å²) in [4.78, 5) is 9.41. The Morgan fingerprint density at radius 1 is 1.14 bits per heavy atom. The summed E-state index contributed by atoms with van der Waals surface area (Å²) in [7, 11) is -1.60. The van der Waals surface area contributed by atoms with Gasteiger partial charge in [-0.15, -0.1) is 11.3 Å². The molecule has 2 aliphatic rings. The number of hydrogen-bond donors (Lipinski definition) is 2. The summed E-state index contributed by atoms with van der Waals surface area (Å²) in [5.41, 5.74) is 1.02. The third kappa shape index (κ3) is 5.09. The molecule has 1 saturated heterocycles. The summed E-state index contributed by atoms with van der Waals surface area (Å²) < 4.78 is 27.2. The summed E-state index contributed by atoms with van der Waals surface area (Å²) in [5.74, 6) is 0.878. The van der Waals surface area contributed by atoms with Crippen molar-refractivity contribution in [2.24, 2.45) is 4.99 Å². The number of hydrogen-bond acceptors (Lipinski definition) is 5. The molecule has 2 N–H and O–H groups in total. The number of thiophene rings is 1. The van der Waals surface area contributed by atoms with Crippen molar-refractivity contribution in [1.29, 1.82) is 0 Å². The predicted molar refractivity (Wildman–Crippen MR) is 118 cm³/mol. The molecule has 7 nitrogen and oxygen atoms in total. The molecular weight excluding hydrogens is 406 g/mol. The second-order valence-electron chi connectivity index (χ2n) is 7.37. The smallest absolute Gasteiger partial charge is 0.240 e. The van der Waals surface area contributed by atoms with Crippen LogP contribution in [0.15, 0.2) is 51.7 Å². The minimum absolute atomic E-state index is 0.116. The molecule has 0 radical (unpaired) electrons. The zero-order chi connectivity index (χ0) is 20.3. The highest BCUT2D eigenvalue weighted by atomic mass is 32.2. The van der Waals surface area contributed by atoms with Crippen molar-refractivity contribution in [3.8, 4) is 0 Å². The van der Waals surface area contributed by atoms with E-state index in [9.17, 15) is 8.42 Å². The Labute approximate surface area is 176 Å². The van der Waals surface area contributed by atoms with E-state index < -0.39 is 10.0 Å². The molecule has 1 saturated carbocycles. The number of benzene rings is 1. The highest BCUT2D eigenvalue weighted by Gasteiger charge is 2.27. The molecule has 9 heteroatoms. The minimum Gasteiger partial charge on any atom is -0.360 e. The van der Waals surface area contributed by atoms with Crippen molar-refractivity contribution in [3.05, 3.63) is 47.3 Å². The van der Waals surface area contributed by atoms with Gasteiger partial charge in [0.25, 0.3) is 0 Å². The van der Waals surface area contributed by atoms with E-state index in [0.717, 1.165) is 50.5 Å². The first-order valence-corrected chi connectivity index (χ1v) is 12.3. The van der Waals surface area contributed by atoms with Gasteiger partial charge in [-0.3, -0.25) is 4.99 Å². The number of nitrogens with one attached hydrogen (secondary N) is 2. The first-order valence-electron chi connectivity index (χ1n) is 9.90. The van der Waals surface area contributed by atoms with Gasteiger partial charge in [0.2, 0.25) is 10.0 Å². The molecule has 1 aliphatic carbocycles. The van der Waals surface area contributed by atoms with Gasteiger partial charge >= 0.3 is 0 Å². The fourth-order valence-electron chi connectivity index (χ4n) is 3.38. The van der Waals surface area contributed by atoms with Crippen LogP contribution in [-0.2, 0) is 16.6 Å². The Morgan fingerprint density at radius 2 is 1.86 bits per heavy atom. The molecule has 2 aromatic rings. The molecule has 0 amide bonds. The van der Waals surface area contributed by atoms with Gasteiger partial charge in [-0.1, -0.05) is 12.1 Å². The van der Waals surface area contributed by atoms with E-state index in [4.69, 9.17) is 0 Å². The standard InChI is InChI=1S/C20H27N5O2S2/c1-21-20(25-12-10-24(11-13-25)19-3-2-14-28-19)22-15-16-4-8-18(9-5-16)29(26,27)23-17-6-7-17/h2-5,8-9,14,17,23H,6-7,10-13,15H2,1H3,(H,21,22). The summed E-state index contributed by atoms with van der Waals surface area (Å²) in [5, 5.41) is 6.83. The third-order valence-corrected chi connectivity index (χ3v) is 7.66. The fourth-order valence-corrected chi connectivity index (χ4v) is 5.47. The molecule has 0 spiro atoms. The van der Waals surface area contributed by atoms with Gasteiger partial charge in [-0.05, 0) is 48.1 Å². The Kier molecular flexibility index (Phi) is 6.07. The van der Waals surface area contributed by atoms with Crippen molar-refractivity contribution in [1.82, 2.24) is 14.9 Å². The van der Waals surface area contributed by atoms with Crippen molar-refractivity contribution < 1.29 is 8.42 Å². The van der Waals surface area contributed by atoms with Crippen molar-refractivity contribution >= 4 is 32.3 Å². The topological polar surface area (TPSA) is 77.0 Å². The van der Waals surface area contributed by atoms with Crippen LogP contribution in [0, 0.1) is 0 Å². The number of nitrogens with zero attached hydrogens (tertiary/aromatic N) is 3. The van der Waals surface area contributed by atoms with Gasteiger partial charge in [-0.25, -0.2) is 13.1 Å². The molecule has 2 heterocycles. The maximum absolute atomic E-state index is 12.3. The molecule has 1 aliphatic heterocycles. The van der Waals surface area contributed by atoms with Gasteiger partial charge in [0, 0.05) is 45.8 Å². The molecule has 0 bridgehead atoms. The Hall–Kier alpha value is -2.10. The van der Waals surface area contributed by atoms with Crippen LogP contribution < -0.4 is 14.9 Å². The average Bonchev–Trinajstić information content (AvgIpc) is 3.36. The highest BCUT2D eigenvalue weighted by molar-refractivity contribution is 7.89. The monoisotopic (exact) mass is 433 g/mol. The van der Waals surface area contributed by atoms with Gasteiger partial charge in [0.15, 0.2) is 5.96 Å². The Morgan fingerprint density at radius 3 is 2.45 bits per heavy atom. The summed E-state index contributed by atoms with van der Waals surface area (Å²) in [6, 6.07) is 11.4. The van der Waals surface area contributed by atoms with E-state index in [1.165, 1.54) is 5.00 Å².